The maximum atomic E-state index is 12.0. The normalized spacial score (nSPS) is 15.5. The molecule has 0 radical (unpaired) electrons. The Labute approximate surface area is 120 Å². The Hall–Kier alpha value is -1.34. The fraction of sp³-hybridized carbons (Fsp3) is 0.500. The molecule has 0 aromatic carbocycles. The number of hydrogen-bond acceptors (Lipinski definition) is 3. The van der Waals surface area contributed by atoms with E-state index in [2.05, 4.69) is 26.1 Å². The van der Waals surface area contributed by atoms with Crippen molar-refractivity contribution in [3.63, 3.8) is 0 Å². The molecule has 1 saturated heterocycles. The molecule has 1 fully saturated rings. The van der Waals surface area contributed by atoms with Gasteiger partial charge in [-0.3, -0.25) is 4.79 Å². The lowest BCUT2D eigenvalue weighted by molar-refractivity contribution is 0.0942. The summed E-state index contributed by atoms with van der Waals surface area (Å²) in [6.07, 6.45) is 1.66. The van der Waals surface area contributed by atoms with Gasteiger partial charge in [0.25, 0.3) is 5.56 Å². The number of pyridine rings is 1. The molecule has 2 rings (SSSR count). The number of aryl methyl sites for hydroxylation is 1. The molecule has 1 aliphatic rings. The van der Waals surface area contributed by atoms with Crippen LogP contribution in [0.2, 0.25) is 0 Å². The van der Waals surface area contributed by atoms with Gasteiger partial charge in [-0.15, -0.1) is 0 Å². The number of halogens is 1. The van der Waals surface area contributed by atoms with Crippen LogP contribution in [0, 0.1) is 0 Å². The van der Waals surface area contributed by atoms with Crippen LogP contribution < -0.4 is 10.9 Å². The summed E-state index contributed by atoms with van der Waals surface area (Å²) in [5, 5.41) is 2.66. The SMILES string of the molecule is CN(C)C1CN(C(=O)Nc2cc(Br)cn(C)c2=O)C1. The first kappa shape index (κ1) is 14.1. The van der Waals surface area contributed by atoms with Gasteiger partial charge >= 0.3 is 6.03 Å². The maximum absolute atomic E-state index is 12.0. The van der Waals surface area contributed by atoms with Gasteiger partial charge in [0.15, 0.2) is 0 Å². The van der Waals surface area contributed by atoms with E-state index in [-0.39, 0.29) is 17.3 Å². The number of nitrogens with one attached hydrogen (secondary N) is 1. The van der Waals surface area contributed by atoms with Gasteiger partial charge in [0, 0.05) is 36.8 Å². The maximum Gasteiger partial charge on any atom is 0.322 e. The third-order valence-electron chi connectivity index (χ3n) is 3.27. The van der Waals surface area contributed by atoms with Crippen molar-refractivity contribution in [1.29, 1.82) is 0 Å². The van der Waals surface area contributed by atoms with E-state index < -0.39 is 0 Å². The zero-order valence-electron chi connectivity index (χ0n) is 11.2. The average Bonchev–Trinajstić information content (AvgIpc) is 2.22. The molecular weight excluding hydrogens is 312 g/mol. The topological polar surface area (TPSA) is 57.6 Å². The van der Waals surface area contributed by atoms with Crippen LogP contribution in [-0.4, -0.2) is 53.6 Å². The summed E-state index contributed by atoms with van der Waals surface area (Å²) in [6.45, 7) is 1.38. The van der Waals surface area contributed by atoms with Gasteiger partial charge in [0.2, 0.25) is 0 Å². The number of nitrogens with zero attached hydrogens (tertiary/aromatic N) is 3. The van der Waals surface area contributed by atoms with Crippen molar-refractivity contribution in [2.75, 3.05) is 32.5 Å². The Morgan fingerprint density at radius 1 is 1.47 bits per heavy atom. The predicted octanol–water partition coefficient (Wildman–Crippen LogP) is 0.925. The summed E-state index contributed by atoms with van der Waals surface area (Å²) < 4.78 is 2.18. The molecule has 0 unspecified atom stereocenters. The third-order valence-corrected chi connectivity index (χ3v) is 3.71. The molecule has 0 spiro atoms. The Kier molecular flexibility index (Phi) is 3.96. The van der Waals surface area contributed by atoms with Gasteiger partial charge < -0.3 is 19.7 Å². The Balaban J connectivity index is 2.03. The quantitative estimate of drug-likeness (QED) is 0.878. The first-order chi connectivity index (χ1) is 8.88. The minimum atomic E-state index is -0.228. The molecule has 0 aliphatic carbocycles. The van der Waals surface area contributed by atoms with Crippen molar-refractivity contribution in [2.24, 2.45) is 7.05 Å². The lowest BCUT2D eigenvalue weighted by atomic mass is 10.1. The van der Waals surface area contributed by atoms with Crippen LogP contribution in [0.15, 0.2) is 21.5 Å². The van der Waals surface area contributed by atoms with Crippen LogP contribution in [0.3, 0.4) is 0 Å². The Bertz CT molecular complexity index is 549. The number of likely N-dealkylation sites (N-methyl/N-ethyl adjacent to an activating group) is 1. The van der Waals surface area contributed by atoms with Crippen molar-refractivity contribution in [1.82, 2.24) is 14.4 Å². The summed E-state index contributed by atoms with van der Waals surface area (Å²) in [7, 11) is 5.63. The first-order valence-corrected chi connectivity index (χ1v) is 6.76. The smallest absolute Gasteiger partial charge is 0.321 e. The largest absolute Gasteiger partial charge is 0.322 e. The number of carbonyl (C=O) groups excluding carboxylic acids is 1. The third kappa shape index (κ3) is 2.98. The zero-order chi connectivity index (χ0) is 14.2. The number of urea groups is 1. The van der Waals surface area contributed by atoms with E-state index in [1.807, 2.05) is 14.1 Å². The van der Waals surface area contributed by atoms with Crippen LogP contribution in [0.1, 0.15) is 0 Å². The number of carbonyl (C=O) groups is 1. The van der Waals surface area contributed by atoms with Crippen LogP contribution in [-0.2, 0) is 7.05 Å². The molecule has 0 saturated carbocycles. The number of hydrogen-bond donors (Lipinski definition) is 1. The lowest BCUT2D eigenvalue weighted by Crippen LogP contribution is -2.60. The van der Waals surface area contributed by atoms with Gasteiger partial charge in [-0.25, -0.2) is 4.79 Å². The molecule has 2 heterocycles. The van der Waals surface area contributed by atoms with Crippen LogP contribution >= 0.6 is 15.9 Å². The van der Waals surface area contributed by atoms with E-state index >= 15 is 0 Å². The summed E-state index contributed by atoms with van der Waals surface area (Å²) in [4.78, 5) is 27.6. The number of likely N-dealkylation sites (tertiary alicyclic amines) is 1. The number of anilines is 1. The number of amides is 2. The summed E-state index contributed by atoms with van der Waals surface area (Å²) >= 11 is 3.30. The second-order valence-corrected chi connectivity index (χ2v) is 5.86. The van der Waals surface area contributed by atoms with E-state index in [1.165, 1.54) is 4.57 Å². The molecule has 0 atom stereocenters. The van der Waals surface area contributed by atoms with E-state index in [0.29, 0.717) is 19.1 Å². The van der Waals surface area contributed by atoms with Gasteiger partial charge in [-0.1, -0.05) is 0 Å². The highest BCUT2D eigenvalue weighted by Crippen LogP contribution is 2.15. The van der Waals surface area contributed by atoms with Crippen LogP contribution in [0.25, 0.3) is 0 Å². The average molecular weight is 329 g/mol. The van der Waals surface area contributed by atoms with Crippen LogP contribution in [0.4, 0.5) is 10.5 Å². The highest BCUT2D eigenvalue weighted by atomic mass is 79.9. The monoisotopic (exact) mass is 328 g/mol. The molecule has 2 amide bonds. The number of rotatable bonds is 2. The van der Waals surface area contributed by atoms with Gasteiger partial charge in [0.1, 0.15) is 5.69 Å². The fourth-order valence-electron chi connectivity index (χ4n) is 1.90. The molecule has 0 bridgehead atoms. The van der Waals surface area contributed by atoms with E-state index in [4.69, 9.17) is 0 Å². The van der Waals surface area contributed by atoms with E-state index in [9.17, 15) is 9.59 Å². The molecule has 104 valence electrons. The van der Waals surface area contributed by atoms with Gasteiger partial charge in [-0.05, 0) is 36.1 Å². The van der Waals surface area contributed by atoms with Gasteiger partial charge in [0.05, 0.1) is 0 Å². The van der Waals surface area contributed by atoms with Crippen molar-refractivity contribution >= 4 is 27.6 Å². The summed E-state index contributed by atoms with van der Waals surface area (Å²) in [5.41, 5.74) is 0.0661. The predicted molar refractivity (Wildman–Crippen MR) is 77.4 cm³/mol. The van der Waals surface area contributed by atoms with Crippen molar-refractivity contribution in [2.45, 2.75) is 6.04 Å². The highest BCUT2D eigenvalue weighted by molar-refractivity contribution is 9.10. The standard InChI is InChI=1S/C12H17BrN4O2/c1-15(2)9-6-17(7-9)12(19)14-10-4-8(13)5-16(3)11(10)18/h4-5,9H,6-7H2,1-3H3,(H,14,19). The minimum absolute atomic E-state index is 0.221. The van der Waals surface area contributed by atoms with Crippen molar-refractivity contribution < 1.29 is 4.79 Å². The summed E-state index contributed by atoms with van der Waals surface area (Å²) in [5.74, 6) is 0. The second kappa shape index (κ2) is 5.34. The highest BCUT2D eigenvalue weighted by Gasteiger charge is 2.32. The summed E-state index contributed by atoms with van der Waals surface area (Å²) in [6, 6.07) is 1.79. The van der Waals surface area contributed by atoms with E-state index in [0.717, 1.165) is 4.47 Å². The molecule has 1 aromatic rings. The molecular formula is C12H17BrN4O2. The zero-order valence-corrected chi connectivity index (χ0v) is 12.8. The molecule has 1 N–H and O–H groups in total. The molecule has 7 heteroatoms. The first-order valence-electron chi connectivity index (χ1n) is 5.97. The molecule has 6 nitrogen and oxygen atoms in total. The number of aromatic nitrogens is 1. The van der Waals surface area contributed by atoms with Crippen LogP contribution in [0.5, 0.6) is 0 Å². The van der Waals surface area contributed by atoms with Crippen molar-refractivity contribution in [3.8, 4) is 0 Å². The fourth-order valence-corrected chi connectivity index (χ4v) is 2.44. The second-order valence-electron chi connectivity index (χ2n) is 4.94. The molecule has 19 heavy (non-hydrogen) atoms. The van der Waals surface area contributed by atoms with Gasteiger partial charge in [-0.2, -0.15) is 0 Å². The minimum Gasteiger partial charge on any atom is -0.321 e. The molecule has 1 aliphatic heterocycles. The molecule has 1 aromatic heterocycles. The Morgan fingerprint density at radius 3 is 2.68 bits per heavy atom. The lowest BCUT2D eigenvalue weighted by Gasteiger charge is -2.42. The van der Waals surface area contributed by atoms with E-state index in [1.54, 1.807) is 24.2 Å². The van der Waals surface area contributed by atoms with Crippen molar-refractivity contribution in [3.05, 3.63) is 27.1 Å². The Morgan fingerprint density at radius 2 is 2.11 bits per heavy atom.